The van der Waals surface area contributed by atoms with Crippen LogP contribution in [0.4, 0.5) is 5.82 Å². The molecule has 0 aromatic carbocycles. The molecule has 8 nitrogen and oxygen atoms in total. The number of ether oxygens (including phenoxy) is 1. The number of rotatable bonds is 2. The van der Waals surface area contributed by atoms with Crippen LogP contribution in [0.5, 0.6) is 0 Å². The van der Waals surface area contributed by atoms with Gasteiger partial charge in [-0.15, -0.1) is 0 Å². The van der Waals surface area contributed by atoms with Crippen LogP contribution in [0.1, 0.15) is 11.7 Å². The molecule has 94 valence electrons. The van der Waals surface area contributed by atoms with Gasteiger partial charge in [-0.2, -0.15) is 4.98 Å². The molecule has 0 amide bonds. The van der Waals surface area contributed by atoms with Gasteiger partial charge in [0, 0.05) is 11.8 Å². The van der Waals surface area contributed by atoms with Crippen LogP contribution in [0.3, 0.4) is 0 Å². The Balaban J connectivity index is 2.32. The summed E-state index contributed by atoms with van der Waals surface area (Å²) in [5.74, 6) is -0.0800. The third-order valence-electron chi connectivity index (χ3n) is 2.72. The Labute approximate surface area is 95.7 Å². The van der Waals surface area contributed by atoms with E-state index in [1.165, 1.54) is 6.20 Å². The van der Waals surface area contributed by atoms with Gasteiger partial charge in [0.25, 0.3) is 0 Å². The van der Waals surface area contributed by atoms with E-state index >= 15 is 0 Å². The fourth-order valence-corrected chi connectivity index (χ4v) is 1.80. The fourth-order valence-electron chi connectivity index (χ4n) is 1.80. The van der Waals surface area contributed by atoms with Gasteiger partial charge in [-0.3, -0.25) is 0 Å². The molecule has 17 heavy (non-hydrogen) atoms. The van der Waals surface area contributed by atoms with Crippen molar-refractivity contribution in [3.63, 3.8) is 0 Å². The number of aliphatic hydroxyl groups is 3. The highest BCUT2D eigenvalue weighted by atomic mass is 16.6. The summed E-state index contributed by atoms with van der Waals surface area (Å²) in [5, 5.41) is 28.2. The highest BCUT2D eigenvalue weighted by molar-refractivity contribution is 5.39. The Kier molecular flexibility index (Phi) is 3.11. The summed E-state index contributed by atoms with van der Waals surface area (Å²) in [4.78, 5) is 16.6. The average molecular weight is 243 g/mol. The third-order valence-corrected chi connectivity index (χ3v) is 2.72. The van der Waals surface area contributed by atoms with E-state index in [0.717, 1.165) is 0 Å². The Bertz CT molecular complexity index is 462. The predicted molar refractivity (Wildman–Crippen MR) is 56.0 cm³/mol. The van der Waals surface area contributed by atoms with Crippen LogP contribution in [0, 0.1) is 0 Å². The number of nitrogens with two attached hydrogens (primary N) is 1. The van der Waals surface area contributed by atoms with E-state index in [-0.39, 0.29) is 11.4 Å². The van der Waals surface area contributed by atoms with E-state index in [2.05, 4.69) is 9.97 Å². The smallest absolute Gasteiger partial charge is 0.346 e. The van der Waals surface area contributed by atoms with Crippen LogP contribution >= 0.6 is 0 Å². The summed E-state index contributed by atoms with van der Waals surface area (Å²) in [6.45, 7) is -0.425. The quantitative estimate of drug-likeness (QED) is 0.386. The Hall–Kier alpha value is -1.48. The molecule has 2 heterocycles. The maximum Gasteiger partial charge on any atom is 0.346 e. The van der Waals surface area contributed by atoms with Crippen molar-refractivity contribution in [2.24, 2.45) is 0 Å². The lowest BCUT2D eigenvalue weighted by atomic mass is 10.0. The monoisotopic (exact) mass is 243 g/mol. The first-order chi connectivity index (χ1) is 8.04. The zero-order chi connectivity index (χ0) is 12.6. The van der Waals surface area contributed by atoms with Gasteiger partial charge in [0.05, 0.1) is 6.61 Å². The first-order valence-corrected chi connectivity index (χ1v) is 5.02. The second-order valence-electron chi connectivity index (χ2n) is 3.81. The molecular formula is C9H13N3O5. The number of nitrogens with one attached hydrogen (secondary N) is 1. The number of hydrogen-bond donors (Lipinski definition) is 5. The fraction of sp³-hybridized carbons (Fsp3) is 0.556. The molecule has 0 aliphatic carbocycles. The van der Waals surface area contributed by atoms with E-state index in [0.29, 0.717) is 0 Å². The first kappa shape index (κ1) is 12.0. The summed E-state index contributed by atoms with van der Waals surface area (Å²) in [7, 11) is 0. The molecule has 4 atom stereocenters. The molecule has 0 radical (unpaired) electrons. The van der Waals surface area contributed by atoms with E-state index in [4.69, 9.17) is 15.6 Å². The summed E-state index contributed by atoms with van der Waals surface area (Å²) < 4.78 is 5.25. The molecular weight excluding hydrogens is 230 g/mol. The van der Waals surface area contributed by atoms with Gasteiger partial charge in [0.2, 0.25) is 0 Å². The predicted octanol–water partition coefficient (Wildman–Crippen LogP) is -2.49. The first-order valence-electron chi connectivity index (χ1n) is 5.02. The molecule has 1 fully saturated rings. The van der Waals surface area contributed by atoms with Crippen molar-refractivity contribution in [3.8, 4) is 0 Å². The lowest BCUT2D eigenvalue weighted by Crippen LogP contribution is -2.32. The van der Waals surface area contributed by atoms with Gasteiger partial charge in [0.1, 0.15) is 30.2 Å². The van der Waals surface area contributed by atoms with Crippen molar-refractivity contribution in [2.45, 2.75) is 24.4 Å². The lowest BCUT2D eigenvalue weighted by Gasteiger charge is -2.15. The molecule has 0 bridgehead atoms. The number of anilines is 1. The van der Waals surface area contributed by atoms with Crippen LogP contribution in [-0.2, 0) is 4.74 Å². The van der Waals surface area contributed by atoms with Gasteiger partial charge < -0.3 is 30.8 Å². The second kappa shape index (κ2) is 4.41. The molecule has 0 spiro atoms. The van der Waals surface area contributed by atoms with E-state index < -0.39 is 36.7 Å². The molecule has 2 rings (SSSR count). The van der Waals surface area contributed by atoms with Crippen LogP contribution in [0.25, 0.3) is 0 Å². The Morgan fingerprint density at radius 2 is 2.18 bits per heavy atom. The van der Waals surface area contributed by atoms with Crippen molar-refractivity contribution < 1.29 is 20.1 Å². The Morgan fingerprint density at radius 1 is 1.47 bits per heavy atom. The molecule has 1 aliphatic heterocycles. The van der Waals surface area contributed by atoms with Gasteiger partial charge in [-0.05, 0) is 0 Å². The zero-order valence-corrected chi connectivity index (χ0v) is 8.78. The van der Waals surface area contributed by atoms with E-state index in [1.54, 1.807) is 0 Å². The largest absolute Gasteiger partial charge is 0.394 e. The lowest BCUT2D eigenvalue weighted by molar-refractivity contribution is -0.0227. The van der Waals surface area contributed by atoms with Gasteiger partial charge >= 0.3 is 5.69 Å². The molecule has 8 heteroatoms. The van der Waals surface area contributed by atoms with Gasteiger partial charge in [-0.25, -0.2) is 4.79 Å². The summed E-state index contributed by atoms with van der Waals surface area (Å²) in [6.07, 6.45) is -2.99. The number of aromatic nitrogens is 2. The zero-order valence-electron chi connectivity index (χ0n) is 8.78. The van der Waals surface area contributed by atoms with Crippen molar-refractivity contribution in [1.82, 2.24) is 9.97 Å². The van der Waals surface area contributed by atoms with Crippen molar-refractivity contribution in [1.29, 1.82) is 0 Å². The summed E-state index contributed by atoms with van der Waals surface area (Å²) in [5.41, 5.74) is 5.19. The van der Waals surface area contributed by atoms with E-state index in [9.17, 15) is 15.0 Å². The van der Waals surface area contributed by atoms with Crippen molar-refractivity contribution >= 4 is 5.82 Å². The molecule has 0 saturated carbocycles. The number of aliphatic hydroxyl groups excluding tert-OH is 3. The molecule has 1 saturated heterocycles. The highest BCUT2D eigenvalue weighted by Crippen LogP contribution is 2.34. The van der Waals surface area contributed by atoms with Crippen LogP contribution in [0.2, 0.25) is 0 Å². The van der Waals surface area contributed by atoms with Crippen LogP contribution in [-0.4, -0.2) is 50.2 Å². The topological polar surface area (TPSA) is 142 Å². The molecule has 1 unspecified atom stereocenters. The van der Waals surface area contributed by atoms with Crippen molar-refractivity contribution in [2.75, 3.05) is 12.3 Å². The molecule has 6 N–H and O–H groups in total. The van der Waals surface area contributed by atoms with Gasteiger partial charge in [-0.1, -0.05) is 0 Å². The third kappa shape index (κ3) is 2.03. The minimum absolute atomic E-state index is 0.0800. The minimum Gasteiger partial charge on any atom is -0.394 e. The molecule has 1 aromatic rings. The molecule has 1 aromatic heterocycles. The number of hydrogen-bond acceptors (Lipinski definition) is 7. The SMILES string of the molecule is Nc1nc(=O)[nH]cc1C1O[C@H](CO)[C@@H](O)[C@@H]1O. The van der Waals surface area contributed by atoms with E-state index in [1.807, 2.05) is 0 Å². The molecule has 1 aliphatic rings. The maximum absolute atomic E-state index is 10.9. The number of nitrogen functional groups attached to an aromatic ring is 1. The number of nitrogens with zero attached hydrogens (tertiary/aromatic N) is 1. The minimum atomic E-state index is -1.23. The normalized spacial score (nSPS) is 32.9. The second-order valence-corrected chi connectivity index (χ2v) is 3.81. The Morgan fingerprint density at radius 3 is 2.71 bits per heavy atom. The van der Waals surface area contributed by atoms with Crippen LogP contribution < -0.4 is 11.4 Å². The van der Waals surface area contributed by atoms with Crippen LogP contribution in [0.15, 0.2) is 11.0 Å². The standard InChI is InChI=1S/C9H13N3O5/c10-8-3(1-11-9(16)12-8)7-6(15)5(14)4(2-13)17-7/h1,4-7,13-15H,2H2,(H3,10,11,12,16)/t4-,5-,6+,7?/m1/s1. The average Bonchev–Trinajstić information content (AvgIpc) is 2.57. The van der Waals surface area contributed by atoms with Crippen molar-refractivity contribution in [3.05, 3.63) is 22.2 Å². The van der Waals surface area contributed by atoms with Gasteiger partial charge in [0.15, 0.2) is 0 Å². The number of H-pyrrole nitrogens is 1. The number of aromatic amines is 1. The highest BCUT2D eigenvalue weighted by Gasteiger charge is 2.43. The summed E-state index contributed by atoms with van der Waals surface area (Å²) in [6, 6.07) is 0. The maximum atomic E-state index is 10.9. The summed E-state index contributed by atoms with van der Waals surface area (Å²) >= 11 is 0.